The van der Waals surface area contributed by atoms with Gasteiger partial charge in [0, 0.05) is 19.6 Å². The van der Waals surface area contributed by atoms with Crippen molar-refractivity contribution in [2.24, 2.45) is 11.8 Å². The lowest BCUT2D eigenvalue weighted by molar-refractivity contribution is -0.132. The van der Waals surface area contributed by atoms with Gasteiger partial charge in [0.05, 0.1) is 6.54 Å². The molecule has 3 fully saturated rings. The van der Waals surface area contributed by atoms with Crippen molar-refractivity contribution in [3.8, 4) is 0 Å². The first-order valence-corrected chi connectivity index (χ1v) is 9.52. The Balaban J connectivity index is 1.38. The van der Waals surface area contributed by atoms with Gasteiger partial charge in [-0.25, -0.2) is 0 Å². The SMILES string of the molecule is O=C(CNCC1CC1)N1CCCC(CN2CCCCCC2)C1. The van der Waals surface area contributed by atoms with Crippen molar-refractivity contribution >= 4 is 5.91 Å². The molecule has 0 bridgehead atoms. The lowest BCUT2D eigenvalue weighted by Gasteiger charge is -2.35. The molecule has 1 amide bonds. The van der Waals surface area contributed by atoms with Gasteiger partial charge < -0.3 is 15.1 Å². The fraction of sp³-hybridized carbons (Fsp3) is 0.944. The van der Waals surface area contributed by atoms with Crippen LogP contribution in [0.4, 0.5) is 0 Å². The lowest BCUT2D eigenvalue weighted by atomic mass is 9.97. The molecular formula is C18H33N3O. The van der Waals surface area contributed by atoms with E-state index < -0.39 is 0 Å². The highest BCUT2D eigenvalue weighted by molar-refractivity contribution is 5.78. The molecule has 126 valence electrons. The number of piperidine rings is 1. The van der Waals surface area contributed by atoms with Crippen molar-refractivity contribution in [3.63, 3.8) is 0 Å². The Labute approximate surface area is 135 Å². The summed E-state index contributed by atoms with van der Waals surface area (Å²) in [6, 6.07) is 0. The molecule has 3 rings (SSSR count). The van der Waals surface area contributed by atoms with Gasteiger partial charge in [-0.1, -0.05) is 12.8 Å². The molecule has 1 unspecified atom stereocenters. The third kappa shape index (κ3) is 5.24. The zero-order valence-electron chi connectivity index (χ0n) is 14.1. The van der Waals surface area contributed by atoms with Crippen molar-refractivity contribution in [3.05, 3.63) is 0 Å². The minimum atomic E-state index is 0.321. The van der Waals surface area contributed by atoms with E-state index in [1.165, 1.54) is 71.0 Å². The van der Waals surface area contributed by atoms with Gasteiger partial charge in [-0.2, -0.15) is 0 Å². The molecule has 1 atom stereocenters. The molecule has 0 aromatic heterocycles. The second-order valence-corrected chi connectivity index (χ2v) is 7.64. The quantitative estimate of drug-likeness (QED) is 0.816. The van der Waals surface area contributed by atoms with Crippen molar-refractivity contribution < 1.29 is 4.79 Å². The van der Waals surface area contributed by atoms with E-state index in [0.29, 0.717) is 18.4 Å². The number of hydrogen-bond donors (Lipinski definition) is 1. The van der Waals surface area contributed by atoms with E-state index >= 15 is 0 Å². The molecule has 0 aromatic carbocycles. The average Bonchev–Trinajstić information content (AvgIpc) is 3.35. The van der Waals surface area contributed by atoms with Gasteiger partial charge in [-0.15, -0.1) is 0 Å². The number of hydrogen-bond acceptors (Lipinski definition) is 3. The van der Waals surface area contributed by atoms with Crippen LogP contribution in [-0.4, -0.2) is 61.5 Å². The fourth-order valence-corrected chi connectivity index (χ4v) is 3.94. The zero-order valence-corrected chi connectivity index (χ0v) is 14.1. The van der Waals surface area contributed by atoms with Crippen molar-refractivity contribution in [1.29, 1.82) is 0 Å². The first kappa shape index (κ1) is 16.3. The van der Waals surface area contributed by atoms with Gasteiger partial charge in [0.2, 0.25) is 5.91 Å². The molecule has 1 aliphatic carbocycles. The summed E-state index contributed by atoms with van der Waals surface area (Å²) in [5.41, 5.74) is 0. The summed E-state index contributed by atoms with van der Waals surface area (Å²) < 4.78 is 0. The monoisotopic (exact) mass is 307 g/mol. The Bertz CT molecular complexity index is 348. The number of carbonyl (C=O) groups is 1. The number of nitrogens with zero attached hydrogens (tertiary/aromatic N) is 2. The summed E-state index contributed by atoms with van der Waals surface area (Å²) in [5.74, 6) is 1.87. The van der Waals surface area contributed by atoms with Crippen LogP contribution in [0.25, 0.3) is 0 Å². The molecule has 2 heterocycles. The van der Waals surface area contributed by atoms with Crippen LogP contribution in [0, 0.1) is 11.8 Å². The average molecular weight is 307 g/mol. The molecule has 2 aliphatic heterocycles. The maximum atomic E-state index is 12.3. The summed E-state index contributed by atoms with van der Waals surface area (Å²) in [6.07, 6.45) is 10.7. The summed E-state index contributed by atoms with van der Waals surface area (Å²) >= 11 is 0. The van der Waals surface area contributed by atoms with Gasteiger partial charge in [0.25, 0.3) is 0 Å². The molecule has 2 saturated heterocycles. The van der Waals surface area contributed by atoms with E-state index in [9.17, 15) is 4.79 Å². The summed E-state index contributed by atoms with van der Waals surface area (Å²) in [4.78, 5) is 17.1. The number of nitrogens with one attached hydrogen (secondary N) is 1. The van der Waals surface area contributed by atoms with Gasteiger partial charge in [0.15, 0.2) is 0 Å². The second-order valence-electron chi connectivity index (χ2n) is 7.64. The highest BCUT2D eigenvalue weighted by Gasteiger charge is 2.26. The molecule has 4 nitrogen and oxygen atoms in total. The second kappa shape index (κ2) is 8.30. The van der Waals surface area contributed by atoms with Crippen LogP contribution >= 0.6 is 0 Å². The van der Waals surface area contributed by atoms with Crippen LogP contribution in [0.3, 0.4) is 0 Å². The van der Waals surface area contributed by atoms with E-state index in [1.54, 1.807) is 0 Å². The largest absolute Gasteiger partial charge is 0.341 e. The number of amides is 1. The van der Waals surface area contributed by atoms with Gasteiger partial charge >= 0.3 is 0 Å². The Morgan fingerprint density at radius 3 is 2.41 bits per heavy atom. The van der Waals surface area contributed by atoms with Crippen LogP contribution in [0.5, 0.6) is 0 Å². The Kier molecular flexibility index (Phi) is 6.13. The molecule has 0 spiro atoms. The van der Waals surface area contributed by atoms with E-state index in [1.807, 2.05) is 0 Å². The molecule has 22 heavy (non-hydrogen) atoms. The molecule has 1 N–H and O–H groups in total. The van der Waals surface area contributed by atoms with Crippen molar-refractivity contribution in [1.82, 2.24) is 15.1 Å². The van der Waals surface area contributed by atoms with Crippen LogP contribution in [0.1, 0.15) is 51.4 Å². The predicted molar refractivity (Wildman–Crippen MR) is 89.8 cm³/mol. The minimum Gasteiger partial charge on any atom is -0.341 e. The van der Waals surface area contributed by atoms with E-state index in [4.69, 9.17) is 0 Å². The minimum absolute atomic E-state index is 0.321. The Morgan fingerprint density at radius 1 is 0.909 bits per heavy atom. The number of carbonyl (C=O) groups excluding carboxylic acids is 1. The smallest absolute Gasteiger partial charge is 0.236 e. The maximum absolute atomic E-state index is 12.3. The van der Waals surface area contributed by atoms with Gasteiger partial charge in [-0.3, -0.25) is 4.79 Å². The Morgan fingerprint density at radius 2 is 1.68 bits per heavy atom. The van der Waals surface area contributed by atoms with E-state index in [2.05, 4.69) is 15.1 Å². The lowest BCUT2D eigenvalue weighted by Crippen LogP contribution is -2.46. The van der Waals surface area contributed by atoms with Crippen LogP contribution in [0.2, 0.25) is 0 Å². The molecule has 0 aromatic rings. The molecule has 0 radical (unpaired) electrons. The Hall–Kier alpha value is -0.610. The fourth-order valence-electron chi connectivity index (χ4n) is 3.94. The highest BCUT2D eigenvalue weighted by atomic mass is 16.2. The summed E-state index contributed by atoms with van der Waals surface area (Å²) in [5, 5.41) is 3.35. The third-order valence-electron chi connectivity index (χ3n) is 5.49. The highest BCUT2D eigenvalue weighted by Crippen LogP contribution is 2.27. The molecule has 3 aliphatic rings. The topological polar surface area (TPSA) is 35.6 Å². The molecule has 4 heteroatoms. The molecular weight excluding hydrogens is 274 g/mol. The van der Waals surface area contributed by atoms with Crippen LogP contribution in [-0.2, 0) is 4.79 Å². The summed E-state index contributed by atoms with van der Waals surface area (Å²) in [7, 11) is 0. The first-order valence-electron chi connectivity index (χ1n) is 9.52. The number of rotatable bonds is 6. The zero-order chi connectivity index (χ0) is 15.2. The van der Waals surface area contributed by atoms with E-state index in [0.717, 1.165) is 25.6 Å². The van der Waals surface area contributed by atoms with E-state index in [-0.39, 0.29) is 0 Å². The normalized spacial score (nSPS) is 27.6. The summed E-state index contributed by atoms with van der Waals surface area (Å²) in [6.45, 7) is 7.30. The van der Waals surface area contributed by atoms with Crippen molar-refractivity contribution in [2.45, 2.75) is 51.4 Å². The number of likely N-dealkylation sites (tertiary alicyclic amines) is 2. The maximum Gasteiger partial charge on any atom is 0.236 e. The van der Waals surface area contributed by atoms with Crippen LogP contribution in [0.15, 0.2) is 0 Å². The predicted octanol–water partition coefficient (Wildman–Crippen LogP) is 2.10. The third-order valence-corrected chi connectivity index (χ3v) is 5.49. The van der Waals surface area contributed by atoms with Gasteiger partial charge in [-0.05, 0) is 70.0 Å². The van der Waals surface area contributed by atoms with Crippen LogP contribution < -0.4 is 5.32 Å². The molecule has 1 saturated carbocycles. The van der Waals surface area contributed by atoms with Crippen molar-refractivity contribution in [2.75, 3.05) is 45.8 Å². The van der Waals surface area contributed by atoms with Gasteiger partial charge in [0.1, 0.15) is 0 Å². The first-order chi connectivity index (χ1) is 10.8. The standard InChI is InChI=1S/C18H33N3O/c22-18(13-19-12-16-7-8-16)21-11-5-6-17(15-21)14-20-9-3-1-2-4-10-20/h16-17,19H,1-15H2.